The van der Waals surface area contributed by atoms with E-state index in [9.17, 15) is 4.79 Å². The minimum atomic E-state index is -0.555. The van der Waals surface area contributed by atoms with Gasteiger partial charge < -0.3 is 10.3 Å². The second-order valence-electron chi connectivity index (χ2n) is 3.25. The first-order valence-electron chi connectivity index (χ1n) is 5.20. The molecular formula is C12H14N2O2. The van der Waals surface area contributed by atoms with Crippen molar-refractivity contribution < 1.29 is 14.3 Å². The molecule has 0 bridgehead atoms. The molecule has 0 saturated heterocycles. The summed E-state index contributed by atoms with van der Waals surface area (Å²) >= 11 is 0. The lowest BCUT2D eigenvalue weighted by Crippen LogP contribution is -2.19. The molecule has 0 aliphatic rings. The molecule has 4 nitrogen and oxygen atoms in total. The van der Waals surface area contributed by atoms with Crippen LogP contribution >= 0.6 is 0 Å². The quantitative estimate of drug-likeness (QED) is 0.327. The molecule has 0 amide bonds. The number of carbonyl (C=O) groups is 1. The maximum Gasteiger partial charge on any atom is 0.416 e. The number of ether oxygens (including phenoxy) is 1. The van der Waals surface area contributed by atoms with E-state index in [1.807, 2.05) is 30.3 Å². The summed E-state index contributed by atoms with van der Waals surface area (Å²) in [6, 6.07) is 9.70. The molecule has 0 heterocycles. The van der Waals surface area contributed by atoms with Gasteiger partial charge in [0.1, 0.15) is 0 Å². The van der Waals surface area contributed by atoms with Gasteiger partial charge in [0.2, 0.25) is 0 Å². The molecule has 1 rings (SSSR count). The van der Waals surface area contributed by atoms with E-state index in [1.165, 1.54) is 0 Å². The van der Waals surface area contributed by atoms with Crippen molar-refractivity contribution in [3.05, 3.63) is 41.4 Å². The zero-order valence-electron chi connectivity index (χ0n) is 9.22. The second kappa shape index (κ2) is 6.53. The molecule has 0 radical (unpaired) electrons. The zero-order valence-corrected chi connectivity index (χ0v) is 9.22. The molecule has 0 spiro atoms. The minimum absolute atomic E-state index is 0.0608. The predicted octanol–water partition coefficient (Wildman–Crippen LogP) is 1.85. The summed E-state index contributed by atoms with van der Waals surface area (Å²) in [5, 5.41) is 0. The number of carbonyl (C=O) groups excluding carboxylic acids is 1. The highest BCUT2D eigenvalue weighted by Crippen LogP contribution is 2.03. The van der Waals surface area contributed by atoms with Crippen molar-refractivity contribution in [2.45, 2.75) is 19.8 Å². The number of nitrogens with zero attached hydrogens (tertiary/aromatic N) is 2. The van der Waals surface area contributed by atoms with Crippen molar-refractivity contribution in [2.24, 2.45) is 0 Å². The van der Waals surface area contributed by atoms with E-state index in [-0.39, 0.29) is 12.3 Å². The molecule has 0 saturated carbocycles. The molecule has 4 heteroatoms. The highest BCUT2D eigenvalue weighted by atomic mass is 16.5. The van der Waals surface area contributed by atoms with Crippen LogP contribution in [-0.2, 0) is 16.0 Å². The third kappa shape index (κ3) is 3.67. The number of rotatable bonds is 5. The number of aryl methyl sites for hydroxylation is 1. The van der Waals surface area contributed by atoms with Gasteiger partial charge in [0, 0.05) is 0 Å². The fraction of sp³-hybridized carbons (Fsp3) is 0.333. The van der Waals surface area contributed by atoms with Crippen LogP contribution in [0.25, 0.3) is 5.53 Å². The maximum atomic E-state index is 11.3. The molecule has 1 aromatic carbocycles. The van der Waals surface area contributed by atoms with E-state index in [2.05, 4.69) is 4.79 Å². The third-order valence-corrected chi connectivity index (χ3v) is 2.13. The Morgan fingerprint density at radius 2 is 2.06 bits per heavy atom. The van der Waals surface area contributed by atoms with Crippen molar-refractivity contribution in [1.29, 1.82) is 0 Å². The fourth-order valence-electron chi connectivity index (χ4n) is 1.31. The standard InChI is InChI=1S/C12H14N2O2/c1-2-16-12(15)11(14-13)9-8-10-6-4-3-5-7-10/h3-7H,2,8-9H2,1H3. The molecule has 0 fully saturated rings. The third-order valence-electron chi connectivity index (χ3n) is 2.13. The number of benzene rings is 1. The number of esters is 1. The number of hydrogen-bond donors (Lipinski definition) is 0. The van der Waals surface area contributed by atoms with Crippen molar-refractivity contribution in [3.63, 3.8) is 0 Å². The Labute approximate surface area is 94.5 Å². The van der Waals surface area contributed by atoms with Gasteiger partial charge in [0.25, 0.3) is 0 Å². The summed E-state index contributed by atoms with van der Waals surface area (Å²) in [5.74, 6) is -0.555. The Kier molecular flexibility index (Phi) is 4.96. The topological polar surface area (TPSA) is 62.7 Å². The van der Waals surface area contributed by atoms with Gasteiger partial charge >= 0.3 is 11.7 Å². The average Bonchev–Trinajstić information content (AvgIpc) is 2.31. The van der Waals surface area contributed by atoms with Crippen LogP contribution in [0.3, 0.4) is 0 Å². The maximum absolute atomic E-state index is 11.3. The van der Waals surface area contributed by atoms with Gasteiger partial charge in [-0.2, -0.15) is 4.79 Å². The summed E-state index contributed by atoms with van der Waals surface area (Å²) in [6.07, 6.45) is 1.03. The lowest BCUT2D eigenvalue weighted by atomic mass is 10.1. The van der Waals surface area contributed by atoms with Crippen LogP contribution in [0.1, 0.15) is 18.9 Å². The van der Waals surface area contributed by atoms with Gasteiger partial charge in [-0.05, 0) is 18.9 Å². The van der Waals surface area contributed by atoms with Gasteiger partial charge in [-0.25, -0.2) is 4.79 Å². The molecule has 1 aromatic rings. The van der Waals surface area contributed by atoms with Crippen molar-refractivity contribution >= 4 is 11.7 Å². The van der Waals surface area contributed by atoms with E-state index >= 15 is 0 Å². The molecule has 0 aliphatic heterocycles. The molecular weight excluding hydrogens is 204 g/mol. The number of hydrogen-bond acceptors (Lipinski definition) is 2. The van der Waals surface area contributed by atoms with Crippen molar-refractivity contribution in [1.82, 2.24) is 0 Å². The van der Waals surface area contributed by atoms with Crippen LogP contribution in [0.15, 0.2) is 30.3 Å². The minimum Gasteiger partial charge on any atom is -0.457 e. The van der Waals surface area contributed by atoms with Gasteiger partial charge in [0.05, 0.1) is 13.0 Å². The highest BCUT2D eigenvalue weighted by Gasteiger charge is 2.20. The summed E-state index contributed by atoms with van der Waals surface area (Å²) in [5.41, 5.74) is 9.84. The van der Waals surface area contributed by atoms with Gasteiger partial charge in [-0.1, -0.05) is 30.3 Å². The lowest BCUT2D eigenvalue weighted by Gasteiger charge is -1.98. The first-order valence-corrected chi connectivity index (χ1v) is 5.20. The Morgan fingerprint density at radius 1 is 1.38 bits per heavy atom. The molecule has 0 atom stereocenters. The highest BCUT2D eigenvalue weighted by molar-refractivity contribution is 6.33. The molecule has 16 heavy (non-hydrogen) atoms. The van der Waals surface area contributed by atoms with Crippen LogP contribution in [-0.4, -0.2) is 23.1 Å². The Bertz CT molecular complexity index is 395. The first-order chi connectivity index (χ1) is 7.77. The zero-order chi connectivity index (χ0) is 11.8. The van der Waals surface area contributed by atoms with Crippen LogP contribution in [0.4, 0.5) is 0 Å². The lowest BCUT2D eigenvalue weighted by molar-refractivity contribution is -0.140. The average molecular weight is 218 g/mol. The smallest absolute Gasteiger partial charge is 0.416 e. The van der Waals surface area contributed by atoms with Gasteiger partial charge in [-0.3, -0.25) is 0 Å². The predicted molar refractivity (Wildman–Crippen MR) is 60.0 cm³/mol. The monoisotopic (exact) mass is 218 g/mol. The van der Waals surface area contributed by atoms with E-state index in [0.717, 1.165) is 5.56 Å². The summed E-state index contributed by atoms with van der Waals surface area (Å²) in [7, 11) is 0. The Morgan fingerprint density at radius 3 is 2.62 bits per heavy atom. The van der Waals surface area contributed by atoms with Crippen molar-refractivity contribution in [3.8, 4) is 0 Å². The molecule has 0 aliphatic carbocycles. The first kappa shape index (κ1) is 12.1. The van der Waals surface area contributed by atoms with Crippen LogP contribution in [0.5, 0.6) is 0 Å². The largest absolute Gasteiger partial charge is 0.457 e. The summed E-state index contributed by atoms with van der Waals surface area (Å²) < 4.78 is 4.75. The molecule has 0 N–H and O–H groups in total. The summed E-state index contributed by atoms with van der Waals surface area (Å²) in [6.45, 7) is 1.99. The van der Waals surface area contributed by atoms with Gasteiger partial charge in [-0.15, -0.1) is 0 Å². The van der Waals surface area contributed by atoms with Crippen LogP contribution in [0, 0.1) is 0 Å². The molecule has 0 aromatic heterocycles. The van der Waals surface area contributed by atoms with Gasteiger partial charge in [0.15, 0.2) is 0 Å². The van der Waals surface area contributed by atoms with E-state index in [4.69, 9.17) is 10.3 Å². The molecule has 0 unspecified atom stereocenters. The molecule has 84 valence electrons. The Balaban J connectivity index is 2.54. The fourth-order valence-corrected chi connectivity index (χ4v) is 1.31. The second-order valence-corrected chi connectivity index (χ2v) is 3.25. The van der Waals surface area contributed by atoms with E-state index < -0.39 is 5.97 Å². The normalized spacial score (nSPS) is 9.31. The summed E-state index contributed by atoms with van der Waals surface area (Å²) in [4.78, 5) is 14.2. The Hall–Kier alpha value is -1.93. The van der Waals surface area contributed by atoms with Crippen LogP contribution in [0.2, 0.25) is 0 Å². The van der Waals surface area contributed by atoms with E-state index in [0.29, 0.717) is 12.8 Å². The SMILES string of the molecule is CCOC(=O)C(CCc1ccccc1)=[N+]=[N-]. The van der Waals surface area contributed by atoms with E-state index in [1.54, 1.807) is 6.92 Å². The van der Waals surface area contributed by atoms with Crippen molar-refractivity contribution in [2.75, 3.05) is 6.61 Å². The van der Waals surface area contributed by atoms with Crippen LogP contribution < -0.4 is 0 Å².